The number of tetrazole rings is 1. The van der Waals surface area contributed by atoms with Crippen molar-refractivity contribution in [3.8, 4) is 0 Å². The summed E-state index contributed by atoms with van der Waals surface area (Å²) in [6.45, 7) is 0. The van der Waals surface area contributed by atoms with Crippen molar-refractivity contribution in [1.82, 2.24) is 30.4 Å². The van der Waals surface area contributed by atoms with Crippen LogP contribution in [-0.4, -0.2) is 36.3 Å². The standard InChI is InChI=1S/C5H4ClN7OS/c1-13-11-5(10-12-13)7-2(14)3-8-9-4(6)15-3/h1H3,(H,7,11,14). The number of rotatable bonds is 2. The summed E-state index contributed by atoms with van der Waals surface area (Å²) < 4.78 is 0.201. The molecule has 0 aliphatic rings. The maximum Gasteiger partial charge on any atom is 0.289 e. The first-order valence-corrected chi connectivity index (χ1v) is 4.89. The van der Waals surface area contributed by atoms with E-state index in [1.807, 2.05) is 0 Å². The molecule has 0 saturated heterocycles. The van der Waals surface area contributed by atoms with Crippen molar-refractivity contribution in [2.75, 3.05) is 5.32 Å². The van der Waals surface area contributed by atoms with E-state index in [2.05, 4.69) is 30.9 Å². The van der Waals surface area contributed by atoms with Gasteiger partial charge in [-0.05, 0) is 16.8 Å². The lowest BCUT2D eigenvalue weighted by molar-refractivity contribution is 0.102. The fourth-order valence-corrected chi connectivity index (χ4v) is 1.51. The zero-order chi connectivity index (χ0) is 10.8. The van der Waals surface area contributed by atoms with E-state index in [9.17, 15) is 4.79 Å². The summed E-state index contributed by atoms with van der Waals surface area (Å²) in [6.07, 6.45) is 0. The molecule has 0 radical (unpaired) electrons. The van der Waals surface area contributed by atoms with Crippen LogP contribution < -0.4 is 5.32 Å². The summed E-state index contributed by atoms with van der Waals surface area (Å²) in [4.78, 5) is 12.7. The SMILES string of the molecule is Cn1nnc(NC(=O)c2nnc(Cl)s2)n1. The molecule has 0 fully saturated rings. The maximum absolute atomic E-state index is 11.5. The zero-order valence-electron chi connectivity index (χ0n) is 7.38. The summed E-state index contributed by atoms with van der Waals surface area (Å²) in [5.41, 5.74) is 0. The number of hydrogen-bond acceptors (Lipinski definition) is 7. The van der Waals surface area contributed by atoms with Gasteiger partial charge in [0.1, 0.15) is 0 Å². The first kappa shape index (κ1) is 9.93. The fraction of sp³-hybridized carbons (Fsp3) is 0.200. The van der Waals surface area contributed by atoms with Crippen molar-refractivity contribution in [3.63, 3.8) is 0 Å². The summed E-state index contributed by atoms with van der Waals surface area (Å²) >= 11 is 6.50. The number of aromatic nitrogens is 6. The van der Waals surface area contributed by atoms with Crippen LogP contribution in [-0.2, 0) is 7.05 Å². The number of aryl methyl sites for hydroxylation is 1. The van der Waals surface area contributed by atoms with Gasteiger partial charge in [0.05, 0.1) is 7.05 Å². The van der Waals surface area contributed by atoms with E-state index in [1.165, 1.54) is 4.80 Å². The van der Waals surface area contributed by atoms with Gasteiger partial charge < -0.3 is 0 Å². The van der Waals surface area contributed by atoms with Crippen LogP contribution in [0.3, 0.4) is 0 Å². The molecule has 8 nitrogen and oxygen atoms in total. The molecule has 0 saturated carbocycles. The van der Waals surface area contributed by atoms with Gasteiger partial charge in [-0.3, -0.25) is 10.1 Å². The highest BCUT2D eigenvalue weighted by Gasteiger charge is 2.14. The molecular formula is C5H4ClN7OS. The second kappa shape index (κ2) is 3.87. The molecule has 1 amide bonds. The summed E-state index contributed by atoms with van der Waals surface area (Å²) in [7, 11) is 1.59. The van der Waals surface area contributed by atoms with Crippen molar-refractivity contribution >= 4 is 34.8 Å². The first-order chi connectivity index (χ1) is 7.15. The van der Waals surface area contributed by atoms with Gasteiger partial charge >= 0.3 is 0 Å². The van der Waals surface area contributed by atoms with Gasteiger partial charge in [0.25, 0.3) is 11.9 Å². The molecule has 0 aromatic carbocycles. The van der Waals surface area contributed by atoms with Crippen molar-refractivity contribution in [1.29, 1.82) is 0 Å². The quantitative estimate of drug-likeness (QED) is 0.798. The van der Waals surface area contributed by atoms with Gasteiger partial charge in [0.15, 0.2) is 0 Å². The van der Waals surface area contributed by atoms with Gasteiger partial charge in [-0.2, -0.15) is 4.80 Å². The van der Waals surface area contributed by atoms with E-state index in [-0.39, 0.29) is 15.4 Å². The third-order valence-corrected chi connectivity index (χ3v) is 2.35. The zero-order valence-corrected chi connectivity index (χ0v) is 8.95. The third-order valence-electron chi connectivity index (χ3n) is 1.33. The van der Waals surface area contributed by atoms with E-state index in [4.69, 9.17) is 11.6 Å². The predicted molar refractivity (Wildman–Crippen MR) is 51.7 cm³/mol. The molecule has 0 spiro atoms. The van der Waals surface area contributed by atoms with Gasteiger partial charge in [-0.1, -0.05) is 16.4 Å². The number of anilines is 1. The minimum atomic E-state index is -0.465. The van der Waals surface area contributed by atoms with E-state index in [1.54, 1.807) is 7.05 Å². The molecule has 0 bridgehead atoms. The fourth-order valence-electron chi connectivity index (χ4n) is 0.786. The van der Waals surface area contributed by atoms with Crippen molar-refractivity contribution in [2.45, 2.75) is 0 Å². The summed E-state index contributed by atoms with van der Waals surface area (Å²) in [5.74, 6) is -0.360. The number of amides is 1. The first-order valence-electron chi connectivity index (χ1n) is 3.69. The van der Waals surface area contributed by atoms with Crippen LogP contribution in [0.25, 0.3) is 0 Å². The van der Waals surface area contributed by atoms with Crippen molar-refractivity contribution < 1.29 is 4.79 Å². The Morgan fingerprint density at radius 3 is 2.80 bits per heavy atom. The number of carbonyl (C=O) groups is 1. The Hall–Kier alpha value is -1.61. The van der Waals surface area contributed by atoms with E-state index in [0.29, 0.717) is 0 Å². The lowest BCUT2D eigenvalue weighted by Gasteiger charge is -1.93. The van der Waals surface area contributed by atoms with E-state index in [0.717, 1.165) is 11.3 Å². The molecule has 0 unspecified atom stereocenters. The molecule has 0 aliphatic heterocycles. The van der Waals surface area contributed by atoms with Crippen LogP contribution in [0, 0.1) is 0 Å². The Kier molecular flexibility index (Phi) is 2.56. The highest BCUT2D eigenvalue weighted by molar-refractivity contribution is 7.17. The average molecular weight is 246 g/mol. The van der Waals surface area contributed by atoms with Crippen LogP contribution in [0.1, 0.15) is 9.80 Å². The van der Waals surface area contributed by atoms with E-state index >= 15 is 0 Å². The monoisotopic (exact) mass is 245 g/mol. The molecular weight excluding hydrogens is 242 g/mol. The summed E-state index contributed by atoms with van der Waals surface area (Å²) in [5, 5.41) is 20.5. The van der Waals surface area contributed by atoms with Gasteiger partial charge in [0, 0.05) is 0 Å². The number of hydrogen-bond donors (Lipinski definition) is 1. The number of carbonyl (C=O) groups excluding carboxylic acids is 1. The van der Waals surface area contributed by atoms with Gasteiger partial charge in [0.2, 0.25) is 9.47 Å². The molecule has 1 N–H and O–H groups in total. The minimum absolute atomic E-state index is 0.105. The minimum Gasteiger partial charge on any atom is -0.286 e. The predicted octanol–water partition coefficient (Wildman–Crippen LogP) is -0.0327. The van der Waals surface area contributed by atoms with Crippen LogP contribution in [0.5, 0.6) is 0 Å². The number of nitrogens with zero attached hydrogens (tertiary/aromatic N) is 6. The molecule has 2 heterocycles. The lowest BCUT2D eigenvalue weighted by atomic mass is 10.6. The Morgan fingerprint density at radius 1 is 1.47 bits per heavy atom. The molecule has 0 aliphatic carbocycles. The van der Waals surface area contributed by atoms with Crippen LogP contribution in [0.4, 0.5) is 5.95 Å². The molecule has 2 rings (SSSR count). The van der Waals surface area contributed by atoms with E-state index < -0.39 is 5.91 Å². The Bertz CT molecular complexity index is 493. The van der Waals surface area contributed by atoms with Crippen LogP contribution in [0.15, 0.2) is 0 Å². The normalized spacial score (nSPS) is 10.3. The summed E-state index contributed by atoms with van der Waals surface area (Å²) in [6, 6.07) is 0. The number of halogens is 1. The lowest BCUT2D eigenvalue weighted by Crippen LogP contribution is -2.13. The Labute approximate surface area is 92.3 Å². The maximum atomic E-state index is 11.5. The molecule has 0 atom stereocenters. The molecule has 2 aromatic heterocycles. The van der Waals surface area contributed by atoms with Crippen molar-refractivity contribution in [3.05, 3.63) is 9.47 Å². The molecule has 2 aromatic rings. The second-order valence-corrected chi connectivity index (χ2v) is 3.98. The third kappa shape index (κ3) is 2.25. The van der Waals surface area contributed by atoms with Crippen molar-refractivity contribution in [2.24, 2.45) is 7.05 Å². The number of nitrogens with one attached hydrogen (secondary N) is 1. The molecule has 15 heavy (non-hydrogen) atoms. The largest absolute Gasteiger partial charge is 0.289 e. The van der Waals surface area contributed by atoms with Crippen LogP contribution in [0.2, 0.25) is 4.47 Å². The Morgan fingerprint density at radius 2 is 2.27 bits per heavy atom. The second-order valence-electron chi connectivity index (χ2n) is 2.42. The highest BCUT2D eigenvalue weighted by atomic mass is 35.5. The molecule has 78 valence electrons. The van der Waals surface area contributed by atoms with Gasteiger partial charge in [-0.15, -0.1) is 15.3 Å². The Balaban J connectivity index is 2.10. The highest BCUT2D eigenvalue weighted by Crippen LogP contribution is 2.15. The van der Waals surface area contributed by atoms with Crippen LogP contribution >= 0.6 is 22.9 Å². The average Bonchev–Trinajstić information content (AvgIpc) is 2.75. The molecule has 10 heteroatoms. The topological polar surface area (TPSA) is 98.5 Å². The smallest absolute Gasteiger partial charge is 0.286 e. The van der Waals surface area contributed by atoms with Gasteiger partial charge in [-0.25, -0.2) is 0 Å².